The largest absolute Gasteiger partial charge is 0.282 e. The van der Waals surface area contributed by atoms with Gasteiger partial charge in [0.15, 0.2) is 0 Å². The molecular weight excluding hydrogens is 238 g/mol. The fourth-order valence-corrected chi connectivity index (χ4v) is 2.81. The molecule has 0 saturated heterocycles. The Balaban J connectivity index is 2.41. The molecule has 0 unspecified atom stereocenters. The highest BCUT2D eigenvalue weighted by molar-refractivity contribution is 7.89. The van der Waals surface area contributed by atoms with Gasteiger partial charge in [-0.05, 0) is 11.0 Å². The summed E-state index contributed by atoms with van der Waals surface area (Å²) in [6.45, 7) is 5.82. The van der Waals surface area contributed by atoms with Crippen LogP contribution < -0.4 is 4.89 Å². The standard InChI is InChI=1S/C12H19NO3S/c1-12(2,3)10-17(14,15)13-16-9-11-7-5-4-6-8-11/h4-8,13H,9-10H2,1-3H3. The molecule has 5 heteroatoms. The Hall–Kier alpha value is -0.910. The van der Waals surface area contributed by atoms with Gasteiger partial charge in [0.1, 0.15) is 0 Å². The molecular formula is C12H19NO3S. The number of hydrogen-bond acceptors (Lipinski definition) is 3. The summed E-state index contributed by atoms with van der Waals surface area (Å²) in [6, 6.07) is 9.40. The zero-order valence-corrected chi connectivity index (χ0v) is 11.3. The minimum atomic E-state index is -3.38. The molecule has 0 radical (unpaired) electrons. The van der Waals surface area contributed by atoms with Gasteiger partial charge in [-0.1, -0.05) is 56.0 Å². The highest BCUT2D eigenvalue weighted by Crippen LogP contribution is 2.15. The first-order chi connectivity index (χ1) is 7.79. The van der Waals surface area contributed by atoms with E-state index in [2.05, 4.69) is 4.89 Å². The Bertz CT molecular complexity index is 435. The molecule has 4 nitrogen and oxygen atoms in total. The molecule has 0 aliphatic heterocycles. The number of nitrogens with one attached hydrogen (secondary N) is 1. The molecule has 0 bridgehead atoms. The molecule has 1 N–H and O–H groups in total. The Morgan fingerprint density at radius 2 is 1.76 bits per heavy atom. The third-order valence-electron chi connectivity index (χ3n) is 1.89. The van der Waals surface area contributed by atoms with E-state index in [0.717, 1.165) is 5.56 Å². The molecule has 0 saturated carbocycles. The van der Waals surface area contributed by atoms with Gasteiger partial charge in [-0.3, -0.25) is 4.84 Å². The van der Waals surface area contributed by atoms with Crippen LogP contribution >= 0.6 is 0 Å². The third kappa shape index (κ3) is 6.41. The van der Waals surface area contributed by atoms with E-state index in [0.29, 0.717) is 0 Å². The van der Waals surface area contributed by atoms with Crippen molar-refractivity contribution < 1.29 is 13.3 Å². The fourth-order valence-electron chi connectivity index (χ4n) is 1.38. The number of rotatable bonds is 5. The molecule has 0 atom stereocenters. The van der Waals surface area contributed by atoms with Crippen molar-refractivity contribution in [3.05, 3.63) is 35.9 Å². The number of hydrogen-bond donors (Lipinski definition) is 1. The van der Waals surface area contributed by atoms with Crippen molar-refractivity contribution in [3.63, 3.8) is 0 Å². The normalized spacial score (nSPS) is 12.6. The molecule has 1 aromatic rings. The van der Waals surface area contributed by atoms with Crippen LogP contribution in [0.5, 0.6) is 0 Å². The first-order valence-electron chi connectivity index (χ1n) is 5.44. The quantitative estimate of drug-likeness (QED) is 0.822. The fraction of sp³-hybridized carbons (Fsp3) is 0.500. The van der Waals surface area contributed by atoms with Crippen molar-refractivity contribution >= 4 is 10.0 Å². The second-order valence-electron chi connectivity index (χ2n) is 5.18. The summed E-state index contributed by atoms with van der Waals surface area (Å²) in [5.41, 5.74) is 0.632. The lowest BCUT2D eigenvalue weighted by Gasteiger charge is -2.18. The van der Waals surface area contributed by atoms with Gasteiger partial charge in [0.2, 0.25) is 10.0 Å². The SMILES string of the molecule is CC(C)(C)CS(=O)(=O)NOCc1ccccc1. The summed E-state index contributed by atoms with van der Waals surface area (Å²) in [5.74, 6) is 0.0365. The van der Waals surface area contributed by atoms with E-state index in [-0.39, 0.29) is 17.8 Å². The maximum absolute atomic E-state index is 11.6. The third-order valence-corrected chi connectivity index (χ3v) is 3.51. The van der Waals surface area contributed by atoms with Crippen LogP contribution in [0.15, 0.2) is 30.3 Å². The van der Waals surface area contributed by atoms with Gasteiger partial charge in [-0.2, -0.15) is 0 Å². The summed E-state index contributed by atoms with van der Waals surface area (Å²) in [4.78, 5) is 7.13. The molecule has 0 aliphatic carbocycles. The molecule has 1 rings (SSSR count). The molecule has 0 spiro atoms. The van der Waals surface area contributed by atoms with Crippen molar-refractivity contribution in [1.29, 1.82) is 0 Å². The lowest BCUT2D eigenvalue weighted by molar-refractivity contribution is 0.0789. The Kier molecular flexibility index (Phi) is 4.68. The van der Waals surface area contributed by atoms with E-state index >= 15 is 0 Å². The van der Waals surface area contributed by atoms with Crippen LogP contribution in [0.2, 0.25) is 0 Å². The predicted octanol–water partition coefficient (Wildman–Crippen LogP) is 2.08. The summed E-state index contributed by atoms with van der Waals surface area (Å²) in [6.07, 6.45) is 0. The van der Waals surface area contributed by atoms with Crippen LogP contribution in [0, 0.1) is 5.41 Å². The Morgan fingerprint density at radius 1 is 1.18 bits per heavy atom. The monoisotopic (exact) mass is 257 g/mol. The molecule has 0 fully saturated rings. The van der Waals surface area contributed by atoms with Gasteiger partial charge in [-0.25, -0.2) is 8.42 Å². The highest BCUT2D eigenvalue weighted by Gasteiger charge is 2.21. The molecule has 0 aromatic heterocycles. The second-order valence-corrected chi connectivity index (χ2v) is 6.86. The highest BCUT2D eigenvalue weighted by atomic mass is 32.2. The van der Waals surface area contributed by atoms with E-state index in [4.69, 9.17) is 4.84 Å². The lowest BCUT2D eigenvalue weighted by Crippen LogP contribution is -2.32. The minimum absolute atomic E-state index is 0.0365. The molecule has 1 aromatic carbocycles. The van der Waals surface area contributed by atoms with E-state index < -0.39 is 10.0 Å². The summed E-state index contributed by atoms with van der Waals surface area (Å²) in [7, 11) is -3.38. The van der Waals surface area contributed by atoms with Crippen LogP contribution in [0.1, 0.15) is 26.3 Å². The van der Waals surface area contributed by atoms with Crippen molar-refractivity contribution in [3.8, 4) is 0 Å². The van der Waals surface area contributed by atoms with Crippen LogP contribution in [0.4, 0.5) is 0 Å². The molecule has 0 heterocycles. The smallest absolute Gasteiger partial charge is 0.234 e. The van der Waals surface area contributed by atoms with E-state index in [9.17, 15) is 8.42 Å². The van der Waals surface area contributed by atoms with Crippen molar-refractivity contribution in [2.45, 2.75) is 27.4 Å². The average molecular weight is 257 g/mol. The van der Waals surface area contributed by atoms with E-state index in [1.807, 2.05) is 51.1 Å². The number of benzene rings is 1. The topological polar surface area (TPSA) is 55.4 Å². The van der Waals surface area contributed by atoms with Gasteiger partial charge < -0.3 is 0 Å². The molecule has 96 valence electrons. The van der Waals surface area contributed by atoms with Crippen molar-refractivity contribution in [2.24, 2.45) is 5.41 Å². The van der Waals surface area contributed by atoms with Gasteiger partial charge in [-0.15, -0.1) is 0 Å². The maximum Gasteiger partial charge on any atom is 0.234 e. The van der Waals surface area contributed by atoms with Gasteiger partial charge in [0.05, 0.1) is 12.4 Å². The van der Waals surface area contributed by atoms with Crippen LogP contribution in [-0.2, 0) is 21.5 Å². The first-order valence-corrected chi connectivity index (χ1v) is 7.09. The molecule has 17 heavy (non-hydrogen) atoms. The summed E-state index contributed by atoms with van der Waals surface area (Å²) >= 11 is 0. The zero-order valence-electron chi connectivity index (χ0n) is 10.4. The average Bonchev–Trinajstić information content (AvgIpc) is 2.15. The number of sulfonamides is 1. The van der Waals surface area contributed by atoms with Crippen LogP contribution in [-0.4, -0.2) is 14.2 Å². The van der Waals surface area contributed by atoms with Crippen LogP contribution in [0.3, 0.4) is 0 Å². The zero-order chi connectivity index (χ0) is 12.9. The predicted molar refractivity (Wildman–Crippen MR) is 67.6 cm³/mol. The summed E-state index contributed by atoms with van der Waals surface area (Å²) in [5, 5.41) is 0. The minimum Gasteiger partial charge on any atom is -0.282 e. The van der Waals surface area contributed by atoms with Gasteiger partial charge in [0, 0.05) is 0 Å². The summed E-state index contributed by atoms with van der Waals surface area (Å²) < 4.78 is 23.2. The van der Waals surface area contributed by atoms with Gasteiger partial charge >= 0.3 is 0 Å². The van der Waals surface area contributed by atoms with Crippen LogP contribution in [0.25, 0.3) is 0 Å². The van der Waals surface area contributed by atoms with Gasteiger partial charge in [0.25, 0.3) is 0 Å². The van der Waals surface area contributed by atoms with Crippen molar-refractivity contribution in [1.82, 2.24) is 4.89 Å². The van der Waals surface area contributed by atoms with E-state index in [1.165, 1.54) is 0 Å². The van der Waals surface area contributed by atoms with E-state index in [1.54, 1.807) is 0 Å². The van der Waals surface area contributed by atoms with Crippen molar-refractivity contribution in [2.75, 3.05) is 5.75 Å². The second kappa shape index (κ2) is 5.62. The maximum atomic E-state index is 11.6. The Morgan fingerprint density at radius 3 is 2.29 bits per heavy atom. The molecule has 0 amide bonds. The molecule has 0 aliphatic rings. The Labute approximate surface area is 103 Å². The first kappa shape index (κ1) is 14.2. The lowest BCUT2D eigenvalue weighted by atomic mass is 10.0.